The van der Waals surface area contributed by atoms with Gasteiger partial charge in [0.25, 0.3) is 5.91 Å². The predicted octanol–water partition coefficient (Wildman–Crippen LogP) is 0.266. The second-order valence-corrected chi connectivity index (χ2v) is 3.99. The number of carbonyl (C=O) groups excluding carboxylic acids is 2. The second-order valence-electron chi connectivity index (χ2n) is 2.89. The molecule has 1 atom stereocenters. The van der Waals surface area contributed by atoms with Crippen molar-refractivity contribution >= 4 is 35.0 Å². The molecule has 1 saturated heterocycles. The molecule has 4 nitrogen and oxygen atoms in total. The van der Waals surface area contributed by atoms with Crippen LogP contribution in [0.3, 0.4) is 0 Å². The van der Waals surface area contributed by atoms with E-state index in [1.165, 1.54) is 4.90 Å². The Morgan fingerprint density at radius 1 is 1.46 bits per heavy atom. The summed E-state index contributed by atoms with van der Waals surface area (Å²) in [6.45, 7) is 0.502. The summed E-state index contributed by atoms with van der Waals surface area (Å²) < 4.78 is 0. The van der Waals surface area contributed by atoms with Gasteiger partial charge in [-0.3, -0.25) is 9.59 Å². The van der Waals surface area contributed by atoms with Crippen molar-refractivity contribution in [1.82, 2.24) is 4.90 Å². The first kappa shape index (κ1) is 10.6. The van der Waals surface area contributed by atoms with Crippen LogP contribution in [0.15, 0.2) is 0 Å². The quantitative estimate of drug-likeness (QED) is 0.685. The van der Waals surface area contributed by atoms with Gasteiger partial charge in [0.2, 0.25) is 5.91 Å². The van der Waals surface area contributed by atoms with Crippen LogP contribution in [0.4, 0.5) is 0 Å². The summed E-state index contributed by atoms with van der Waals surface area (Å²) in [6.07, 6.45) is 1.36. The van der Waals surface area contributed by atoms with Gasteiger partial charge in [-0.15, -0.1) is 0 Å². The van der Waals surface area contributed by atoms with E-state index in [2.05, 4.69) is 0 Å². The minimum Gasteiger partial charge on any atom is -0.368 e. The molecular formula is C7H10Cl2N2O2. The zero-order valence-corrected chi connectivity index (χ0v) is 8.38. The van der Waals surface area contributed by atoms with E-state index in [0.29, 0.717) is 13.0 Å². The van der Waals surface area contributed by atoms with Crippen molar-refractivity contribution in [3.05, 3.63) is 0 Å². The van der Waals surface area contributed by atoms with E-state index in [-0.39, 0.29) is 0 Å². The number of halogens is 2. The number of alkyl halides is 2. The highest BCUT2D eigenvalue weighted by Gasteiger charge is 2.34. The van der Waals surface area contributed by atoms with E-state index in [9.17, 15) is 9.59 Å². The Hall–Kier alpha value is -0.480. The number of amides is 2. The molecule has 1 fully saturated rings. The van der Waals surface area contributed by atoms with Gasteiger partial charge >= 0.3 is 0 Å². The third-order valence-electron chi connectivity index (χ3n) is 2.05. The number of hydrogen-bond acceptors (Lipinski definition) is 2. The van der Waals surface area contributed by atoms with E-state index < -0.39 is 22.7 Å². The fourth-order valence-electron chi connectivity index (χ4n) is 1.45. The molecule has 2 amide bonds. The lowest BCUT2D eigenvalue weighted by molar-refractivity contribution is -0.135. The molecule has 74 valence electrons. The van der Waals surface area contributed by atoms with Crippen LogP contribution < -0.4 is 5.73 Å². The van der Waals surface area contributed by atoms with Gasteiger partial charge in [-0.05, 0) is 12.8 Å². The van der Waals surface area contributed by atoms with Gasteiger partial charge in [-0.1, -0.05) is 23.2 Å². The van der Waals surface area contributed by atoms with E-state index in [4.69, 9.17) is 28.9 Å². The highest BCUT2D eigenvalue weighted by molar-refractivity contribution is 6.53. The average Bonchev–Trinajstić information content (AvgIpc) is 2.50. The Bertz CT molecular complexity index is 233. The molecular weight excluding hydrogens is 215 g/mol. The van der Waals surface area contributed by atoms with Crippen LogP contribution in [0.5, 0.6) is 0 Å². The lowest BCUT2D eigenvalue weighted by Crippen LogP contribution is -2.45. The zero-order chi connectivity index (χ0) is 10.0. The van der Waals surface area contributed by atoms with E-state index >= 15 is 0 Å². The lowest BCUT2D eigenvalue weighted by atomic mass is 10.2. The number of primary amides is 1. The summed E-state index contributed by atoms with van der Waals surface area (Å²) in [6, 6.07) is -0.535. The molecule has 0 aromatic carbocycles. The molecule has 0 spiro atoms. The summed E-state index contributed by atoms with van der Waals surface area (Å²) in [5.41, 5.74) is 5.11. The Balaban J connectivity index is 2.68. The first-order chi connectivity index (χ1) is 6.04. The molecule has 0 unspecified atom stereocenters. The zero-order valence-electron chi connectivity index (χ0n) is 6.87. The minimum atomic E-state index is -1.11. The second kappa shape index (κ2) is 4.15. The highest BCUT2D eigenvalue weighted by atomic mass is 35.5. The SMILES string of the molecule is NC(=O)[C@@H]1CCCN1C(=O)C(Cl)Cl. The summed E-state index contributed by atoms with van der Waals surface area (Å²) in [5, 5.41) is 0. The molecule has 0 radical (unpaired) electrons. The van der Waals surface area contributed by atoms with Gasteiger partial charge in [-0.25, -0.2) is 0 Å². The van der Waals surface area contributed by atoms with Crippen LogP contribution in [-0.4, -0.2) is 34.1 Å². The molecule has 1 rings (SSSR count). The third kappa shape index (κ3) is 2.25. The molecule has 0 aromatic rings. The summed E-state index contributed by atoms with van der Waals surface area (Å²) in [5.74, 6) is -0.940. The topological polar surface area (TPSA) is 63.4 Å². The van der Waals surface area contributed by atoms with Crippen LogP contribution in [0.1, 0.15) is 12.8 Å². The number of nitrogens with zero attached hydrogens (tertiary/aromatic N) is 1. The Labute approximate surface area is 86.0 Å². The molecule has 0 aliphatic carbocycles. The minimum absolute atomic E-state index is 0.440. The first-order valence-corrected chi connectivity index (χ1v) is 4.79. The van der Waals surface area contributed by atoms with Crippen molar-refractivity contribution in [2.45, 2.75) is 23.7 Å². The molecule has 1 aliphatic rings. The van der Waals surface area contributed by atoms with Gasteiger partial charge < -0.3 is 10.6 Å². The van der Waals surface area contributed by atoms with Crippen molar-refractivity contribution in [1.29, 1.82) is 0 Å². The van der Waals surface area contributed by atoms with Gasteiger partial charge in [-0.2, -0.15) is 0 Å². The fourth-order valence-corrected chi connectivity index (χ4v) is 1.70. The molecule has 6 heteroatoms. The molecule has 1 heterocycles. The Morgan fingerprint density at radius 2 is 2.08 bits per heavy atom. The smallest absolute Gasteiger partial charge is 0.256 e. The number of hydrogen-bond donors (Lipinski definition) is 1. The monoisotopic (exact) mass is 224 g/mol. The average molecular weight is 225 g/mol. The van der Waals surface area contributed by atoms with Crippen molar-refractivity contribution in [2.75, 3.05) is 6.54 Å². The van der Waals surface area contributed by atoms with Crippen molar-refractivity contribution < 1.29 is 9.59 Å². The van der Waals surface area contributed by atoms with E-state index in [1.807, 2.05) is 0 Å². The van der Waals surface area contributed by atoms with Crippen LogP contribution in [0.25, 0.3) is 0 Å². The van der Waals surface area contributed by atoms with Crippen molar-refractivity contribution in [2.24, 2.45) is 5.73 Å². The maximum absolute atomic E-state index is 11.3. The summed E-state index contributed by atoms with van der Waals surface area (Å²) >= 11 is 10.8. The van der Waals surface area contributed by atoms with Crippen LogP contribution in [-0.2, 0) is 9.59 Å². The number of rotatable bonds is 2. The first-order valence-electron chi connectivity index (χ1n) is 3.92. The van der Waals surface area contributed by atoms with E-state index in [0.717, 1.165) is 6.42 Å². The van der Waals surface area contributed by atoms with Gasteiger partial charge in [0, 0.05) is 6.54 Å². The number of carbonyl (C=O) groups is 2. The van der Waals surface area contributed by atoms with Crippen LogP contribution in [0, 0.1) is 0 Å². The molecule has 0 bridgehead atoms. The van der Waals surface area contributed by atoms with Gasteiger partial charge in [0.05, 0.1) is 0 Å². The standard InChI is InChI=1S/C7H10Cl2N2O2/c8-5(9)7(13)11-3-1-2-4(11)6(10)12/h4-5H,1-3H2,(H2,10,12)/t4-/m0/s1. The van der Waals surface area contributed by atoms with Crippen molar-refractivity contribution in [3.63, 3.8) is 0 Å². The Kier molecular flexibility index (Phi) is 3.39. The highest BCUT2D eigenvalue weighted by Crippen LogP contribution is 2.20. The normalized spacial score (nSPS) is 22.4. The molecule has 2 N–H and O–H groups in total. The van der Waals surface area contributed by atoms with Crippen molar-refractivity contribution in [3.8, 4) is 0 Å². The Morgan fingerprint density at radius 3 is 2.54 bits per heavy atom. The van der Waals surface area contributed by atoms with Gasteiger partial charge in [0.1, 0.15) is 6.04 Å². The maximum Gasteiger partial charge on any atom is 0.256 e. The summed E-state index contributed by atoms with van der Waals surface area (Å²) in [4.78, 5) is 22.4. The van der Waals surface area contributed by atoms with Crippen LogP contribution >= 0.6 is 23.2 Å². The molecule has 13 heavy (non-hydrogen) atoms. The maximum atomic E-state index is 11.3. The predicted molar refractivity (Wildman–Crippen MR) is 49.4 cm³/mol. The number of likely N-dealkylation sites (tertiary alicyclic amines) is 1. The fraction of sp³-hybridized carbons (Fsp3) is 0.714. The van der Waals surface area contributed by atoms with E-state index in [1.54, 1.807) is 0 Å². The number of nitrogens with two attached hydrogens (primary N) is 1. The van der Waals surface area contributed by atoms with Crippen LogP contribution in [0.2, 0.25) is 0 Å². The molecule has 1 aliphatic heterocycles. The molecule has 0 aromatic heterocycles. The molecule has 0 saturated carbocycles. The largest absolute Gasteiger partial charge is 0.368 e. The summed E-state index contributed by atoms with van der Waals surface area (Å²) in [7, 11) is 0. The van der Waals surface area contributed by atoms with Gasteiger partial charge in [0.15, 0.2) is 4.84 Å². The lowest BCUT2D eigenvalue weighted by Gasteiger charge is -2.22. The third-order valence-corrected chi connectivity index (χ3v) is 2.42.